The average molecular weight is 303 g/mol. The highest BCUT2D eigenvalue weighted by Crippen LogP contribution is 2.29. The van der Waals surface area contributed by atoms with Gasteiger partial charge >= 0.3 is 5.97 Å². The molecule has 0 amide bonds. The van der Waals surface area contributed by atoms with Crippen molar-refractivity contribution in [2.75, 3.05) is 12.3 Å². The van der Waals surface area contributed by atoms with E-state index in [0.717, 1.165) is 5.56 Å². The number of nitrogens with zero attached hydrogens (tertiary/aromatic N) is 2. The van der Waals surface area contributed by atoms with E-state index >= 15 is 0 Å². The minimum absolute atomic E-state index is 0.332. The number of nitrogens with one attached hydrogen (secondary N) is 1. The number of benzene rings is 1. The maximum atomic E-state index is 11.9. The van der Waals surface area contributed by atoms with E-state index in [1.165, 1.54) is 11.8 Å². The lowest BCUT2D eigenvalue weighted by molar-refractivity contribution is -0.144. The zero-order valence-electron chi connectivity index (χ0n) is 11.7. The maximum Gasteiger partial charge on any atom is 0.329 e. The molecule has 1 aromatic carbocycles. The third-order valence-corrected chi connectivity index (χ3v) is 4.17. The fourth-order valence-electron chi connectivity index (χ4n) is 2.06. The summed E-state index contributed by atoms with van der Waals surface area (Å²) in [5, 5.41) is 13.6. The number of aromatic nitrogens is 2. The molecule has 1 aromatic heterocycles. The molecule has 5 nitrogen and oxygen atoms in total. The fourth-order valence-corrected chi connectivity index (χ4v) is 3.09. The van der Waals surface area contributed by atoms with Crippen LogP contribution in [0.3, 0.4) is 0 Å². The summed E-state index contributed by atoms with van der Waals surface area (Å²) >= 11 is 1.37. The van der Waals surface area contributed by atoms with E-state index in [4.69, 9.17) is 0 Å². The van der Waals surface area contributed by atoms with Crippen LogP contribution in [0.1, 0.15) is 12.5 Å². The van der Waals surface area contributed by atoms with Crippen molar-refractivity contribution in [2.45, 2.75) is 17.5 Å². The summed E-state index contributed by atoms with van der Waals surface area (Å²) in [6.07, 6.45) is 4.82. The van der Waals surface area contributed by atoms with Crippen molar-refractivity contribution in [1.29, 1.82) is 0 Å². The first-order chi connectivity index (χ1) is 10.2. The SMILES string of the molecule is CCNC(CSc1cnccn1)(C(=O)O)c1ccccc1. The van der Waals surface area contributed by atoms with Gasteiger partial charge in [0.2, 0.25) is 0 Å². The Bertz CT molecular complexity index is 580. The van der Waals surface area contributed by atoms with Crippen LogP contribution in [0, 0.1) is 0 Å². The van der Waals surface area contributed by atoms with Gasteiger partial charge < -0.3 is 5.11 Å². The fraction of sp³-hybridized carbons (Fsp3) is 0.267. The maximum absolute atomic E-state index is 11.9. The second-order valence-corrected chi connectivity index (χ2v) is 5.43. The third kappa shape index (κ3) is 3.59. The Morgan fingerprint density at radius 2 is 2.10 bits per heavy atom. The summed E-state index contributed by atoms with van der Waals surface area (Å²) in [5.74, 6) is -0.564. The standard InChI is InChI=1S/C15H17N3O2S/c1-2-18-15(14(19)20,12-6-4-3-5-7-12)11-21-13-10-16-8-9-17-13/h3-10,18H,2,11H2,1H3,(H,19,20). The number of likely N-dealkylation sites (N-methyl/N-ethyl adjacent to an activating group) is 1. The van der Waals surface area contributed by atoms with Gasteiger partial charge in [0, 0.05) is 18.1 Å². The number of carboxylic acid groups (broad SMARTS) is 1. The molecule has 0 saturated heterocycles. The van der Waals surface area contributed by atoms with Crippen LogP contribution >= 0.6 is 11.8 Å². The molecule has 0 aliphatic rings. The van der Waals surface area contributed by atoms with Crippen molar-refractivity contribution in [1.82, 2.24) is 15.3 Å². The first-order valence-electron chi connectivity index (χ1n) is 6.62. The molecule has 21 heavy (non-hydrogen) atoms. The molecule has 110 valence electrons. The van der Waals surface area contributed by atoms with Crippen LogP contribution in [-0.4, -0.2) is 33.3 Å². The van der Waals surface area contributed by atoms with Crippen molar-refractivity contribution in [3.63, 3.8) is 0 Å². The second kappa shape index (κ2) is 7.19. The molecular weight excluding hydrogens is 286 g/mol. The van der Waals surface area contributed by atoms with Gasteiger partial charge in [-0.05, 0) is 12.1 Å². The number of aliphatic carboxylic acids is 1. The Kier molecular flexibility index (Phi) is 5.30. The van der Waals surface area contributed by atoms with Gasteiger partial charge in [0.25, 0.3) is 0 Å². The number of hydrogen-bond acceptors (Lipinski definition) is 5. The van der Waals surface area contributed by atoms with E-state index in [-0.39, 0.29) is 0 Å². The number of carboxylic acids is 1. The Morgan fingerprint density at radius 1 is 1.33 bits per heavy atom. The van der Waals surface area contributed by atoms with Crippen molar-refractivity contribution in [2.24, 2.45) is 0 Å². The lowest BCUT2D eigenvalue weighted by Gasteiger charge is -2.30. The minimum atomic E-state index is -1.14. The van der Waals surface area contributed by atoms with Crippen molar-refractivity contribution >= 4 is 17.7 Å². The molecule has 2 N–H and O–H groups in total. The van der Waals surface area contributed by atoms with Gasteiger partial charge in [-0.1, -0.05) is 37.3 Å². The molecule has 1 atom stereocenters. The first-order valence-corrected chi connectivity index (χ1v) is 7.60. The summed E-state index contributed by atoms with van der Waals surface area (Å²) in [6.45, 7) is 2.45. The molecule has 0 bridgehead atoms. The molecule has 0 fully saturated rings. The van der Waals surface area contributed by atoms with Gasteiger partial charge in [-0.2, -0.15) is 0 Å². The molecule has 2 aromatic rings. The van der Waals surface area contributed by atoms with E-state index < -0.39 is 11.5 Å². The van der Waals surface area contributed by atoms with Gasteiger partial charge in [0.1, 0.15) is 5.03 Å². The lowest BCUT2D eigenvalue weighted by Crippen LogP contribution is -2.51. The highest BCUT2D eigenvalue weighted by molar-refractivity contribution is 7.99. The van der Waals surface area contributed by atoms with E-state index in [1.807, 2.05) is 37.3 Å². The Balaban J connectivity index is 2.29. The molecule has 6 heteroatoms. The van der Waals surface area contributed by atoms with Gasteiger partial charge in [-0.3, -0.25) is 10.3 Å². The summed E-state index contributed by atoms with van der Waals surface area (Å²) < 4.78 is 0. The van der Waals surface area contributed by atoms with Crippen molar-refractivity contribution in [3.8, 4) is 0 Å². The van der Waals surface area contributed by atoms with Crippen LogP contribution in [0.25, 0.3) is 0 Å². The van der Waals surface area contributed by atoms with Gasteiger partial charge in [-0.25, -0.2) is 9.78 Å². The van der Waals surface area contributed by atoms with E-state index in [2.05, 4.69) is 15.3 Å². The number of hydrogen-bond donors (Lipinski definition) is 2. The first kappa shape index (κ1) is 15.5. The molecule has 0 saturated carbocycles. The summed E-state index contributed by atoms with van der Waals surface area (Å²) in [5.41, 5.74) is -0.409. The largest absolute Gasteiger partial charge is 0.480 e. The van der Waals surface area contributed by atoms with Crippen molar-refractivity contribution < 1.29 is 9.90 Å². The summed E-state index contributed by atoms with van der Waals surface area (Å²) in [4.78, 5) is 20.1. The monoisotopic (exact) mass is 303 g/mol. The topological polar surface area (TPSA) is 75.1 Å². The molecule has 0 aliphatic heterocycles. The van der Waals surface area contributed by atoms with Crippen LogP contribution < -0.4 is 5.32 Å². The Labute approximate surface area is 127 Å². The predicted molar refractivity (Wildman–Crippen MR) is 82.2 cm³/mol. The van der Waals surface area contributed by atoms with Gasteiger partial charge in [0.15, 0.2) is 5.54 Å². The zero-order chi connectivity index (χ0) is 15.1. The summed E-state index contributed by atoms with van der Waals surface area (Å²) in [6, 6.07) is 9.22. The van der Waals surface area contributed by atoms with Crippen LogP contribution in [0.4, 0.5) is 0 Å². The minimum Gasteiger partial charge on any atom is -0.480 e. The third-order valence-electron chi connectivity index (χ3n) is 3.09. The van der Waals surface area contributed by atoms with Crippen LogP contribution in [-0.2, 0) is 10.3 Å². The second-order valence-electron chi connectivity index (χ2n) is 4.44. The van der Waals surface area contributed by atoms with Crippen LogP contribution in [0.15, 0.2) is 53.9 Å². The van der Waals surface area contributed by atoms with Gasteiger partial charge in [-0.15, -0.1) is 11.8 Å². The highest BCUT2D eigenvalue weighted by atomic mass is 32.2. The van der Waals surface area contributed by atoms with E-state index in [1.54, 1.807) is 18.6 Å². The molecule has 1 heterocycles. The number of thioether (sulfide) groups is 1. The normalized spacial score (nSPS) is 13.6. The van der Waals surface area contributed by atoms with Crippen LogP contribution in [0.2, 0.25) is 0 Å². The van der Waals surface area contributed by atoms with Gasteiger partial charge in [0.05, 0.1) is 6.20 Å². The molecule has 0 spiro atoms. The molecule has 1 unspecified atom stereocenters. The zero-order valence-corrected chi connectivity index (χ0v) is 12.5. The molecular formula is C15H17N3O2S. The van der Waals surface area contributed by atoms with E-state index in [9.17, 15) is 9.90 Å². The smallest absolute Gasteiger partial charge is 0.329 e. The molecule has 2 rings (SSSR count). The number of carbonyl (C=O) groups is 1. The van der Waals surface area contributed by atoms with Crippen LogP contribution in [0.5, 0.6) is 0 Å². The summed E-state index contributed by atoms with van der Waals surface area (Å²) in [7, 11) is 0. The average Bonchev–Trinajstić information content (AvgIpc) is 2.53. The Morgan fingerprint density at radius 3 is 2.67 bits per heavy atom. The van der Waals surface area contributed by atoms with Crippen molar-refractivity contribution in [3.05, 3.63) is 54.5 Å². The highest BCUT2D eigenvalue weighted by Gasteiger charge is 2.39. The molecule has 0 radical (unpaired) electrons. The quantitative estimate of drug-likeness (QED) is 0.764. The van der Waals surface area contributed by atoms with E-state index in [0.29, 0.717) is 17.3 Å². The Hall–Kier alpha value is -1.92. The lowest BCUT2D eigenvalue weighted by atomic mass is 9.92. The molecule has 0 aliphatic carbocycles. The predicted octanol–water partition coefficient (Wildman–Crippen LogP) is 2.16. The number of rotatable bonds is 7.